The summed E-state index contributed by atoms with van der Waals surface area (Å²) >= 11 is 0. The van der Waals surface area contributed by atoms with E-state index in [0.717, 1.165) is 6.42 Å². The summed E-state index contributed by atoms with van der Waals surface area (Å²) in [6, 6.07) is -4.15. The Bertz CT molecular complexity index is 719. The minimum absolute atomic E-state index is 0.0174. The van der Waals surface area contributed by atoms with Crippen LogP contribution in [0.2, 0.25) is 0 Å². The first-order valence-electron chi connectivity index (χ1n) is 12.5. The van der Waals surface area contributed by atoms with Crippen molar-refractivity contribution in [2.24, 2.45) is 28.9 Å². The highest BCUT2D eigenvalue weighted by molar-refractivity contribution is 5.94. The quantitative estimate of drug-likeness (QED) is 0.0870. The van der Waals surface area contributed by atoms with Crippen molar-refractivity contribution in [3.63, 3.8) is 0 Å². The van der Waals surface area contributed by atoms with Crippen molar-refractivity contribution in [3.8, 4) is 0 Å². The summed E-state index contributed by atoms with van der Waals surface area (Å²) in [5.41, 5.74) is 22.1. The average molecular weight is 516 g/mol. The van der Waals surface area contributed by atoms with E-state index in [2.05, 4.69) is 16.0 Å². The number of nitrogens with two attached hydrogens (primary N) is 4. The fraction of sp³-hybridized carbons (Fsp3) is 0.783. The molecule has 0 rings (SSSR count). The van der Waals surface area contributed by atoms with Crippen LogP contribution in [0.25, 0.3) is 0 Å². The highest BCUT2D eigenvalue weighted by atomic mass is 16.4. The maximum atomic E-state index is 13.1. The lowest BCUT2D eigenvalue weighted by Gasteiger charge is -2.26. The molecule has 0 radical (unpaired) electrons. The molecule has 0 aliphatic carbocycles. The number of aliphatic carboxylic acids is 1. The number of carbonyl (C=O) groups is 5. The molecule has 0 aromatic carbocycles. The first-order chi connectivity index (χ1) is 16.9. The van der Waals surface area contributed by atoms with E-state index < -0.39 is 53.8 Å². The topological polar surface area (TPSA) is 246 Å². The summed E-state index contributed by atoms with van der Waals surface area (Å²) in [5.74, 6) is -3.81. The summed E-state index contributed by atoms with van der Waals surface area (Å²) in [4.78, 5) is 61.1. The molecule has 0 spiro atoms. The smallest absolute Gasteiger partial charge is 0.326 e. The van der Waals surface area contributed by atoms with Crippen LogP contribution in [0.15, 0.2) is 0 Å². The number of nitrogens with one attached hydrogen (secondary N) is 3. The Hall–Kier alpha value is -2.77. The second-order valence-electron chi connectivity index (χ2n) is 9.33. The molecule has 0 aromatic heterocycles. The number of rotatable bonds is 20. The Morgan fingerprint density at radius 1 is 0.722 bits per heavy atom. The molecule has 0 heterocycles. The van der Waals surface area contributed by atoms with Gasteiger partial charge in [0, 0.05) is 6.42 Å². The van der Waals surface area contributed by atoms with Crippen LogP contribution >= 0.6 is 0 Å². The Morgan fingerprint density at radius 3 is 1.72 bits per heavy atom. The molecule has 4 amide bonds. The number of hydrogen-bond donors (Lipinski definition) is 8. The number of hydrogen-bond acceptors (Lipinski definition) is 8. The first-order valence-corrected chi connectivity index (χ1v) is 12.5. The minimum Gasteiger partial charge on any atom is -0.480 e. The zero-order valence-corrected chi connectivity index (χ0v) is 21.5. The summed E-state index contributed by atoms with van der Waals surface area (Å²) in [5, 5.41) is 17.1. The van der Waals surface area contributed by atoms with Crippen molar-refractivity contribution in [1.29, 1.82) is 0 Å². The first kappa shape index (κ1) is 33.2. The molecule has 0 aromatic rings. The van der Waals surface area contributed by atoms with Gasteiger partial charge in [-0.2, -0.15) is 0 Å². The normalized spacial score (nSPS) is 14.4. The van der Waals surface area contributed by atoms with Gasteiger partial charge in [0.2, 0.25) is 23.6 Å². The molecular formula is C23H45N7O6. The molecule has 0 fully saturated rings. The molecule has 0 aliphatic rings. The van der Waals surface area contributed by atoms with Gasteiger partial charge in [0.05, 0.1) is 6.04 Å². The fourth-order valence-electron chi connectivity index (χ4n) is 3.47. The zero-order chi connectivity index (χ0) is 27.7. The van der Waals surface area contributed by atoms with Gasteiger partial charge < -0.3 is 44.0 Å². The molecule has 0 bridgehead atoms. The standard InChI is InChI=1S/C23H45N7O6/c1-14(2)13-18(22(34)29-17(23(35)36)9-10-19(27)31)30-21(33)16(8-4-6-12-25)28-20(32)15(26)7-3-5-11-24/h14-18H,3-13,24-26H2,1-2H3,(H2,27,31)(H,28,32)(H,29,34)(H,30,33)(H,35,36). The van der Waals surface area contributed by atoms with Gasteiger partial charge in [0.1, 0.15) is 18.1 Å². The van der Waals surface area contributed by atoms with E-state index in [0.29, 0.717) is 38.8 Å². The Balaban J connectivity index is 5.45. The van der Waals surface area contributed by atoms with E-state index in [1.165, 1.54) is 0 Å². The second kappa shape index (κ2) is 18.5. The number of amides is 4. The molecule has 36 heavy (non-hydrogen) atoms. The van der Waals surface area contributed by atoms with Crippen molar-refractivity contribution in [3.05, 3.63) is 0 Å². The van der Waals surface area contributed by atoms with Crippen LogP contribution in [0.4, 0.5) is 0 Å². The van der Waals surface area contributed by atoms with E-state index in [-0.39, 0.29) is 31.6 Å². The predicted molar refractivity (Wildman–Crippen MR) is 135 cm³/mol. The number of carboxylic acids is 1. The second-order valence-corrected chi connectivity index (χ2v) is 9.33. The van der Waals surface area contributed by atoms with Gasteiger partial charge in [-0.15, -0.1) is 0 Å². The molecule has 13 heteroatoms. The van der Waals surface area contributed by atoms with Gasteiger partial charge in [-0.3, -0.25) is 19.2 Å². The highest BCUT2D eigenvalue weighted by Gasteiger charge is 2.30. The Kier molecular flexibility index (Phi) is 17.1. The molecule has 208 valence electrons. The third-order valence-electron chi connectivity index (χ3n) is 5.52. The van der Waals surface area contributed by atoms with Gasteiger partial charge in [0.15, 0.2) is 0 Å². The lowest BCUT2D eigenvalue weighted by molar-refractivity contribution is -0.142. The summed E-state index contributed by atoms with van der Waals surface area (Å²) in [7, 11) is 0. The molecule has 12 N–H and O–H groups in total. The maximum absolute atomic E-state index is 13.1. The summed E-state index contributed by atoms with van der Waals surface area (Å²) in [6.07, 6.45) is 3.12. The van der Waals surface area contributed by atoms with Crippen LogP contribution in [0.1, 0.15) is 71.6 Å². The molecule has 0 saturated heterocycles. The number of carboxylic acid groups (broad SMARTS) is 1. The largest absolute Gasteiger partial charge is 0.480 e. The third kappa shape index (κ3) is 14.6. The van der Waals surface area contributed by atoms with E-state index in [1.807, 2.05) is 13.8 Å². The average Bonchev–Trinajstić information content (AvgIpc) is 2.79. The molecule has 4 atom stereocenters. The van der Waals surface area contributed by atoms with Crippen LogP contribution in [0.3, 0.4) is 0 Å². The molecule has 13 nitrogen and oxygen atoms in total. The number of carbonyl (C=O) groups excluding carboxylic acids is 4. The van der Waals surface area contributed by atoms with Gasteiger partial charge in [0.25, 0.3) is 0 Å². The third-order valence-corrected chi connectivity index (χ3v) is 5.52. The van der Waals surface area contributed by atoms with E-state index in [4.69, 9.17) is 22.9 Å². The Labute approximate surface area is 212 Å². The maximum Gasteiger partial charge on any atom is 0.326 e. The molecule has 0 saturated carbocycles. The van der Waals surface area contributed by atoms with Crippen LogP contribution < -0.4 is 38.9 Å². The fourth-order valence-corrected chi connectivity index (χ4v) is 3.47. The number of primary amides is 1. The van der Waals surface area contributed by atoms with Gasteiger partial charge in [-0.25, -0.2) is 4.79 Å². The van der Waals surface area contributed by atoms with Gasteiger partial charge in [-0.1, -0.05) is 20.3 Å². The van der Waals surface area contributed by atoms with Crippen LogP contribution in [0.5, 0.6) is 0 Å². The van der Waals surface area contributed by atoms with Crippen LogP contribution in [-0.4, -0.2) is 72.0 Å². The van der Waals surface area contributed by atoms with E-state index >= 15 is 0 Å². The summed E-state index contributed by atoms with van der Waals surface area (Å²) in [6.45, 7) is 4.59. The predicted octanol–water partition coefficient (Wildman–Crippen LogP) is -1.58. The lowest BCUT2D eigenvalue weighted by Crippen LogP contribution is -2.57. The zero-order valence-electron chi connectivity index (χ0n) is 21.5. The molecule has 0 aliphatic heterocycles. The molecule has 4 unspecified atom stereocenters. The Morgan fingerprint density at radius 2 is 1.22 bits per heavy atom. The highest BCUT2D eigenvalue weighted by Crippen LogP contribution is 2.09. The monoisotopic (exact) mass is 515 g/mol. The lowest BCUT2D eigenvalue weighted by atomic mass is 10.0. The van der Waals surface area contributed by atoms with Crippen molar-refractivity contribution in [2.45, 2.75) is 95.8 Å². The summed E-state index contributed by atoms with van der Waals surface area (Å²) < 4.78 is 0. The van der Waals surface area contributed by atoms with Crippen molar-refractivity contribution >= 4 is 29.6 Å². The van der Waals surface area contributed by atoms with Crippen molar-refractivity contribution < 1.29 is 29.1 Å². The van der Waals surface area contributed by atoms with Gasteiger partial charge >= 0.3 is 5.97 Å². The number of unbranched alkanes of at least 4 members (excludes halogenated alkanes) is 2. The molecular weight excluding hydrogens is 470 g/mol. The van der Waals surface area contributed by atoms with E-state index in [1.54, 1.807) is 0 Å². The van der Waals surface area contributed by atoms with Crippen molar-refractivity contribution in [2.75, 3.05) is 13.1 Å². The van der Waals surface area contributed by atoms with Crippen LogP contribution in [0, 0.1) is 5.92 Å². The minimum atomic E-state index is -1.34. The van der Waals surface area contributed by atoms with E-state index in [9.17, 15) is 29.1 Å². The SMILES string of the molecule is CC(C)CC(NC(=O)C(CCCCN)NC(=O)C(N)CCCCN)C(=O)NC(CCC(N)=O)C(=O)O. The van der Waals surface area contributed by atoms with Crippen LogP contribution in [-0.2, 0) is 24.0 Å². The van der Waals surface area contributed by atoms with Crippen molar-refractivity contribution in [1.82, 2.24) is 16.0 Å². The van der Waals surface area contributed by atoms with Gasteiger partial charge in [-0.05, 0) is 64.0 Å².